The predicted molar refractivity (Wildman–Crippen MR) is 101 cm³/mol. The number of aromatic nitrogens is 1. The summed E-state index contributed by atoms with van der Waals surface area (Å²) in [7, 11) is 7.51. The third kappa shape index (κ3) is 5.45. The standard InChI is InChI=1S/C19H28N4O2/c1-15(25-18-10-6-9-17(12-18)24-5)13-21-19(20-2)23(4)14-16-8-7-11-22(16)3/h6-12,15H,13-14H2,1-5H3,(H,20,21). The highest BCUT2D eigenvalue weighted by Crippen LogP contribution is 2.19. The number of guanidine groups is 1. The van der Waals surface area contributed by atoms with Gasteiger partial charge in [0.1, 0.15) is 17.6 Å². The molecule has 1 unspecified atom stereocenters. The monoisotopic (exact) mass is 344 g/mol. The normalized spacial score (nSPS) is 12.6. The molecule has 1 N–H and O–H groups in total. The lowest BCUT2D eigenvalue weighted by molar-refractivity contribution is 0.221. The van der Waals surface area contributed by atoms with Crippen molar-refractivity contribution in [3.05, 3.63) is 48.3 Å². The van der Waals surface area contributed by atoms with Crippen LogP contribution in [0.4, 0.5) is 0 Å². The van der Waals surface area contributed by atoms with Crippen LogP contribution < -0.4 is 14.8 Å². The molecule has 0 saturated heterocycles. The number of nitrogens with one attached hydrogen (secondary N) is 1. The molecule has 1 atom stereocenters. The average molecular weight is 344 g/mol. The van der Waals surface area contributed by atoms with Crippen molar-refractivity contribution in [2.75, 3.05) is 27.7 Å². The highest BCUT2D eigenvalue weighted by molar-refractivity contribution is 5.79. The van der Waals surface area contributed by atoms with Gasteiger partial charge in [-0.2, -0.15) is 0 Å². The fraction of sp³-hybridized carbons (Fsp3) is 0.421. The number of nitrogens with zero attached hydrogens (tertiary/aromatic N) is 3. The molecule has 0 aliphatic rings. The molecule has 1 heterocycles. The molecule has 1 aromatic carbocycles. The lowest BCUT2D eigenvalue weighted by Gasteiger charge is -2.24. The zero-order valence-electron chi connectivity index (χ0n) is 15.7. The van der Waals surface area contributed by atoms with Crippen LogP contribution in [0.25, 0.3) is 0 Å². The lowest BCUT2D eigenvalue weighted by Crippen LogP contribution is -2.42. The van der Waals surface area contributed by atoms with Crippen LogP contribution in [0.15, 0.2) is 47.6 Å². The third-order valence-electron chi connectivity index (χ3n) is 3.95. The number of aliphatic imine (C=N–C) groups is 1. The Morgan fingerprint density at radius 3 is 2.68 bits per heavy atom. The van der Waals surface area contributed by atoms with E-state index < -0.39 is 0 Å². The van der Waals surface area contributed by atoms with E-state index in [9.17, 15) is 0 Å². The maximum atomic E-state index is 5.94. The third-order valence-corrected chi connectivity index (χ3v) is 3.95. The predicted octanol–water partition coefficient (Wildman–Crippen LogP) is 2.51. The van der Waals surface area contributed by atoms with Crippen LogP contribution in [0.1, 0.15) is 12.6 Å². The van der Waals surface area contributed by atoms with Crippen LogP contribution in [0.2, 0.25) is 0 Å². The maximum absolute atomic E-state index is 5.94. The van der Waals surface area contributed by atoms with Gasteiger partial charge in [-0.15, -0.1) is 0 Å². The molecule has 1 aromatic heterocycles. The number of hydrogen-bond donors (Lipinski definition) is 1. The molecule has 0 bridgehead atoms. The van der Waals surface area contributed by atoms with Crippen LogP contribution in [0, 0.1) is 0 Å². The first-order chi connectivity index (χ1) is 12.0. The Morgan fingerprint density at radius 2 is 2.04 bits per heavy atom. The second-order valence-electron chi connectivity index (χ2n) is 6.00. The molecule has 0 saturated carbocycles. The van der Waals surface area contributed by atoms with Gasteiger partial charge in [0.15, 0.2) is 5.96 Å². The summed E-state index contributed by atoms with van der Waals surface area (Å²) >= 11 is 0. The highest BCUT2D eigenvalue weighted by Gasteiger charge is 2.11. The van der Waals surface area contributed by atoms with Crippen LogP contribution in [0.3, 0.4) is 0 Å². The van der Waals surface area contributed by atoms with Crippen molar-refractivity contribution in [2.45, 2.75) is 19.6 Å². The quantitative estimate of drug-likeness (QED) is 0.619. The van der Waals surface area contributed by atoms with Crippen LogP contribution >= 0.6 is 0 Å². The number of hydrogen-bond acceptors (Lipinski definition) is 3. The summed E-state index contributed by atoms with van der Waals surface area (Å²) in [5, 5.41) is 3.36. The summed E-state index contributed by atoms with van der Waals surface area (Å²) in [5.74, 6) is 2.42. The van der Waals surface area contributed by atoms with Crippen LogP contribution in [0.5, 0.6) is 11.5 Å². The Balaban J connectivity index is 1.85. The topological polar surface area (TPSA) is 51.0 Å². The summed E-state index contributed by atoms with van der Waals surface area (Å²) in [5.41, 5.74) is 1.23. The van der Waals surface area contributed by atoms with E-state index in [2.05, 4.69) is 25.8 Å². The van der Waals surface area contributed by atoms with E-state index in [4.69, 9.17) is 9.47 Å². The van der Waals surface area contributed by atoms with Crippen molar-refractivity contribution in [1.82, 2.24) is 14.8 Å². The molecule has 0 aliphatic carbocycles. The first-order valence-corrected chi connectivity index (χ1v) is 8.36. The molecule has 6 heteroatoms. The molecule has 25 heavy (non-hydrogen) atoms. The number of methoxy groups -OCH3 is 1. The summed E-state index contributed by atoms with van der Waals surface area (Å²) in [6.45, 7) is 3.46. The Labute approximate surface area is 150 Å². The highest BCUT2D eigenvalue weighted by atomic mass is 16.5. The van der Waals surface area contributed by atoms with Gasteiger partial charge in [0, 0.05) is 39.1 Å². The Kier molecular flexibility index (Phi) is 6.74. The molecular weight excluding hydrogens is 316 g/mol. The molecule has 0 fully saturated rings. The van der Waals surface area contributed by atoms with Crippen molar-refractivity contribution in [3.8, 4) is 11.5 Å². The molecule has 0 radical (unpaired) electrons. The summed E-state index contributed by atoms with van der Waals surface area (Å²) in [6, 6.07) is 11.8. The van der Waals surface area contributed by atoms with Crippen LogP contribution in [-0.2, 0) is 13.6 Å². The Bertz CT molecular complexity index is 696. The number of rotatable bonds is 7. The van der Waals surface area contributed by atoms with E-state index >= 15 is 0 Å². The number of benzene rings is 1. The van der Waals surface area contributed by atoms with Gasteiger partial charge in [0.2, 0.25) is 0 Å². The van der Waals surface area contributed by atoms with Gasteiger partial charge in [0.25, 0.3) is 0 Å². The van der Waals surface area contributed by atoms with Crippen molar-refractivity contribution >= 4 is 5.96 Å². The van der Waals surface area contributed by atoms with Crippen molar-refractivity contribution < 1.29 is 9.47 Å². The van der Waals surface area contributed by atoms with E-state index in [1.807, 2.05) is 57.5 Å². The summed E-state index contributed by atoms with van der Waals surface area (Å²) in [6.07, 6.45) is 2.04. The molecule has 0 spiro atoms. The van der Waals surface area contributed by atoms with Crippen LogP contribution in [-0.4, -0.2) is 49.3 Å². The maximum Gasteiger partial charge on any atom is 0.193 e. The largest absolute Gasteiger partial charge is 0.497 e. The molecule has 0 amide bonds. The van der Waals surface area contributed by atoms with Crippen molar-refractivity contribution in [3.63, 3.8) is 0 Å². The zero-order chi connectivity index (χ0) is 18.2. The van der Waals surface area contributed by atoms with E-state index in [0.717, 1.165) is 24.0 Å². The summed E-state index contributed by atoms with van der Waals surface area (Å²) < 4.78 is 13.3. The van der Waals surface area contributed by atoms with E-state index in [-0.39, 0.29) is 6.10 Å². The SMILES string of the molecule is CN=C(NCC(C)Oc1cccc(OC)c1)N(C)Cc1cccn1C. The lowest BCUT2D eigenvalue weighted by atomic mass is 10.3. The number of ether oxygens (including phenoxy) is 2. The molecule has 6 nitrogen and oxygen atoms in total. The molecule has 2 rings (SSSR count). The second-order valence-corrected chi connectivity index (χ2v) is 6.00. The second kappa shape index (κ2) is 9.01. The fourth-order valence-electron chi connectivity index (χ4n) is 2.55. The fourth-order valence-corrected chi connectivity index (χ4v) is 2.55. The van der Waals surface area contributed by atoms with Gasteiger partial charge in [-0.3, -0.25) is 4.99 Å². The van der Waals surface area contributed by atoms with Gasteiger partial charge in [-0.05, 0) is 31.2 Å². The minimum Gasteiger partial charge on any atom is -0.497 e. The minimum absolute atomic E-state index is 0.00714. The molecule has 0 aliphatic heterocycles. The van der Waals surface area contributed by atoms with E-state index in [1.54, 1.807) is 14.2 Å². The van der Waals surface area contributed by atoms with E-state index in [1.165, 1.54) is 5.69 Å². The zero-order valence-corrected chi connectivity index (χ0v) is 15.7. The van der Waals surface area contributed by atoms with Gasteiger partial charge in [-0.1, -0.05) is 6.07 Å². The van der Waals surface area contributed by atoms with Crippen molar-refractivity contribution in [2.24, 2.45) is 12.0 Å². The van der Waals surface area contributed by atoms with Gasteiger partial charge in [0.05, 0.1) is 20.2 Å². The molecule has 136 valence electrons. The molecular formula is C19H28N4O2. The summed E-state index contributed by atoms with van der Waals surface area (Å²) in [4.78, 5) is 6.44. The van der Waals surface area contributed by atoms with Crippen molar-refractivity contribution in [1.29, 1.82) is 0 Å². The van der Waals surface area contributed by atoms with Gasteiger partial charge >= 0.3 is 0 Å². The van der Waals surface area contributed by atoms with E-state index in [0.29, 0.717) is 6.54 Å². The first-order valence-electron chi connectivity index (χ1n) is 8.36. The minimum atomic E-state index is -0.00714. The van der Waals surface area contributed by atoms with Gasteiger partial charge in [-0.25, -0.2) is 0 Å². The average Bonchev–Trinajstić information content (AvgIpc) is 3.00. The smallest absolute Gasteiger partial charge is 0.193 e. The Hall–Kier alpha value is -2.63. The number of aryl methyl sites for hydroxylation is 1. The molecule has 2 aromatic rings. The van der Waals surface area contributed by atoms with Gasteiger partial charge < -0.3 is 24.3 Å². The Morgan fingerprint density at radius 1 is 1.28 bits per heavy atom. The first kappa shape index (κ1) is 18.7.